The number of carbonyl (C=O) groups excluding carboxylic acids is 5. The minimum Gasteiger partial charge on any atom is -0.467 e. The highest BCUT2D eigenvalue weighted by Crippen LogP contribution is 2.30. The van der Waals surface area contributed by atoms with Crippen molar-refractivity contribution >= 4 is 29.8 Å². The van der Waals surface area contributed by atoms with Gasteiger partial charge in [0, 0.05) is 39.2 Å². The van der Waals surface area contributed by atoms with Gasteiger partial charge in [0.05, 0.1) is 26.9 Å². The summed E-state index contributed by atoms with van der Waals surface area (Å²) in [4.78, 5) is 62.6. The summed E-state index contributed by atoms with van der Waals surface area (Å²) in [5, 5.41) is 16.8. The number of esters is 4. The van der Waals surface area contributed by atoms with E-state index in [1.54, 1.807) is 0 Å². The summed E-state index contributed by atoms with van der Waals surface area (Å²) >= 11 is 0. The van der Waals surface area contributed by atoms with Crippen molar-refractivity contribution in [3.8, 4) is 0 Å². The molecule has 0 spiro atoms. The molecule has 232 valence electrons. The van der Waals surface area contributed by atoms with Gasteiger partial charge in [-0.3, -0.25) is 19.2 Å². The lowest BCUT2D eigenvalue weighted by atomic mass is 9.95. The highest BCUT2D eigenvalue weighted by molar-refractivity contribution is 5.79. The van der Waals surface area contributed by atoms with Gasteiger partial charge in [0.1, 0.15) is 18.8 Å². The van der Waals surface area contributed by atoms with Crippen LogP contribution in [0.3, 0.4) is 0 Å². The molecular weight excluding hydrogens is 556 g/mol. The molecule has 7 atom stereocenters. The van der Waals surface area contributed by atoms with Crippen molar-refractivity contribution in [1.82, 2.24) is 5.32 Å². The van der Waals surface area contributed by atoms with Crippen LogP contribution in [0, 0.1) is 0 Å². The fraction of sp³-hybridized carbons (Fsp3) is 0.783. The van der Waals surface area contributed by atoms with E-state index in [1.165, 1.54) is 0 Å². The first-order valence-electron chi connectivity index (χ1n) is 12.3. The number of methoxy groups -OCH3 is 1. The van der Waals surface area contributed by atoms with Gasteiger partial charge in [-0.05, 0) is 12.5 Å². The van der Waals surface area contributed by atoms with Crippen molar-refractivity contribution in [3.05, 3.63) is 10.4 Å². The summed E-state index contributed by atoms with van der Waals surface area (Å²) in [6.45, 7) is 4.70. The summed E-state index contributed by atoms with van der Waals surface area (Å²) in [6, 6.07) is -1.39. The molecule has 0 aromatic carbocycles. The Morgan fingerprint density at radius 3 is 2.20 bits per heavy atom. The molecule has 18 heteroatoms. The highest BCUT2D eigenvalue weighted by Gasteiger charge is 2.54. The first-order valence-corrected chi connectivity index (χ1v) is 12.3. The lowest BCUT2D eigenvalue weighted by Gasteiger charge is -2.46. The van der Waals surface area contributed by atoms with E-state index in [0.717, 1.165) is 41.7 Å². The van der Waals surface area contributed by atoms with Crippen molar-refractivity contribution in [2.24, 2.45) is 5.11 Å². The van der Waals surface area contributed by atoms with Gasteiger partial charge >= 0.3 is 23.9 Å². The van der Waals surface area contributed by atoms with Crippen molar-refractivity contribution in [2.75, 3.05) is 40.1 Å². The van der Waals surface area contributed by atoms with E-state index in [4.69, 9.17) is 38.7 Å². The van der Waals surface area contributed by atoms with Gasteiger partial charge in [-0.25, -0.2) is 4.79 Å². The third kappa shape index (κ3) is 11.8. The monoisotopic (exact) mass is 592 g/mol. The third-order valence-corrected chi connectivity index (χ3v) is 5.28. The second-order valence-corrected chi connectivity index (χ2v) is 8.76. The SMILES string of the molecule is COC(=O)[C@](C)(O)[C@H](OCCOCCN=[N+]=[N-])O[C@@H]1O[C@H](COC(C)=O)[C@@H](OC(C)=O)[C@H](OC(C)=O)[C@H]1NC(C)=O. The van der Waals surface area contributed by atoms with Crippen LogP contribution >= 0.6 is 0 Å². The molecule has 18 nitrogen and oxygen atoms in total. The lowest BCUT2D eigenvalue weighted by Crippen LogP contribution is -2.68. The van der Waals surface area contributed by atoms with Crippen molar-refractivity contribution in [1.29, 1.82) is 0 Å². The molecule has 0 unspecified atom stereocenters. The van der Waals surface area contributed by atoms with Gasteiger partial charge in [0.2, 0.25) is 11.5 Å². The molecule has 0 saturated carbocycles. The van der Waals surface area contributed by atoms with Crippen LogP contribution in [0.4, 0.5) is 0 Å². The van der Waals surface area contributed by atoms with E-state index in [9.17, 15) is 29.1 Å². The van der Waals surface area contributed by atoms with E-state index in [2.05, 4.69) is 20.1 Å². The molecule has 1 aliphatic rings. The van der Waals surface area contributed by atoms with E-state index < -0.39 is 78.9 Å². The van der Waals surface area contributed by atoms with Gasteiger partial charge < -0.3 is 48.3 Å². The number of hydrogen-bond donors (Lipinski definition) is 2. The molecule has 0 aromatic heterocycles. The van der Waals surface area contributed by atoms with Crippen molar-refractivity contribution < 1.29 is 67.0 Å². The Morgan fingerprint density at radius 2 is 1.66 bits per heavy atom. The zero-order chi connectivity index (χ0) is 31.2. The first kappa shape index (κ1) is 35.5. The fourth-order valence-corrected chi connectivity index (χ4v) is 3.63. The maximum absolute atomic E-state index is 12.4. The summed E-state index contributed by atoms with van der Waals surface area (Å²) in [6.07, 6.45) is -7.64. The Kier molecular flexibility index (Phi) is 15.0. The van der Waals surface area contributed by atoms with E-state index in [0.29, 0.717) is 0 Å². The predicted octanol–water partition coefficient (Wildman–Crippen LogP) is -0.747. The van der Waals surface area contributed by atoms with Crippen LogP contribution in [0.1, 0.15) is 34.6 Å². The minimum atomic E-state index is -2.46. The average Bonchev–Trinajstić information content (AvgIpc) is 2.87. The van der Waals surface area contributed by atoms with Crippen LogP contribution in [-0.4, -0.2) is 118 Å². The topological polar surface area (TPSA) is 240 Å². The van der Waals surface area contributed by atoms with Crippen LogP contribution in [-0.2, 0) is 61.9 Å². The minimum absolute atomic E-state index is 0.0510. The molecule has 1 amide bonds. The number of ether oxygens (including phenoxy) is 8. The first-order chi connectivity index (χ1) is 19.2. The maximum atomic E-state index is 12.4. The van der Waals surface area contributed by atoms with Crippen LogP contribution in [0.5, 0.6) is 0 Å². The number of hydrogen-bond acceptors (Lipinski definition) is 15. The second-order valence-electron chi connectivity index (χ2n) is 8.76. The Hall–Kier alpha value is -3.54. The highest BCUT2D eigenvalue weighted by atomic mass is 16.8. The van der Waals surface area contributed by atoms with Gasteiger partial charge in [-0.2, -0.15) is 0 Å². The Morgan fingerprint density at radius 1 is 1.02 bits per heavy atom. The Balaban J connectivity index is 3.42. The van der Waals surface area contributed by atoms with Gasteiger partial charge in [0.15, 0.2) is 24.8 Å². The fourth-order valence-electron chi connectivity index (χ4n) is 3.63. The van der Waals surface area contributed by atoms with Gasteiger partial charge in [-0.1, -0.05) is 5.11 Å². The number of carbonyl (C=O) groups is 5. The van der Waals surface area contributed by atoms with Crippen molar-refractivity contribution in [2.45, 2.75) is 77.2 Å². The molecule has 1 saturated heterocycles. The number of azide groups is 1. The quantitative estimate of drug-likeness (QED) is 0.0426. The molecule has 1 rings (SSSR count). The summed E-state index contributed by atoms with van der Waals surface area (Å²) in [5.74, 6) is -4.16. The van der Waals surface area contributed by atoms with Crippen LogP contribution in [0.25, 0.3) is 10.4 Å². The van der Waals surface area contributed by atoms with Crippen LogP contribution < -0.4 is 5.32 Å². The molecule has 1 fully saturated rings. The molecule has 0 bridgehead atoms. The van der Waals surface area contributed by atoms with E-state index >= 15 is 0 Å². The van der Waals surface area contributed by atoms with Crippen molar-refractivity contribution in [3.63, 3.8) is 0 Å². The second kappa shape index (κ2) is 17.3. The zero-order valence-corrected chi connectivity index (χ0v) is 23.6. The summed E-state index contributed by atoms with van der Waals surface area (Å²) in [7, 11) is 1.01. The summed E-state index contributed by atoms with van der Waals surface area (Å²) < 4.78 is 42.9. The zero-order valence-electron chi connectivity index (χ0n) is 23.6. The third-order valence-electron chi connectivity index (χ3n) is 5.28. The number of nitrogens with zero attached hydrogens (tertiary/aromatic N) is 3. The largest absolute Gasteiger partial charge is 0.467 e. The molecular formula is C23H36N4O14. The number of nitrogens with one attached hydrogen (secondary N) is 1. The van der Waals surface area contributed by atoms with Gasteiger partial charge in [-0.15, -0.1) is 0 Å². The Bertz CT molecular complexity index is 970. The maximum Gasteiger partial charge on any atom is 0.342 e. The average molecular weight is 593 g/mol. The molecule has 1 aliphatic heterocycles. The number of rotatable bonds is 16. The molecule has 0 radical (unpaired) electrons. The van der Waals surface area contributed by atoms with E-state index in [-0.39, 0.29) is 26.4 Å². The molecule has 0 aliphatic carbocycles. The number of aliphatic hydroxyl groups is 1. The normalized spacial score (nSPS) is 24.0. The van der Waals surface area contributed by atoms with Gasteiger partial charge in [0.25, 0.3) is 0 Å². The lowest BCUT2D eigenvalue weighted by molar-refractivity contribution is -0.339. The molecule has 0 aromatic rings. The van der Waals surface area contributed by atoms with E-state index in [1.807, 2.05) is 0 Å². The molecule has 1 heterocycles. The van der Waals surface area contributed by atoms with Crippen LogP contribution in [0.2, 0.25) is 0 Å². The molecule has 41 heavy (non-hydrogen) atoms. The molecule has 2 N–H and O–H groups in total. The number of amides is 1. The Labute approximate surface area is 235 Å². The summed E-state index contributed by atoms with van der Waals surface area (Å²) in [5.41, 5.74) is 5.86. The standard InChI is InChI=1S/C23H36N4O14/c1-12(28)26-17-19(39-15(4)31)18(38-14(3)30)16(11-37-13(2)29)40-20(17)41-22(23(5,33)21(32)34-6)36-10-9-35-8-7-25-27-24/h16-20,22,33H,7-11H2,1-6H3,(H,26,28)/t16-,17-,18-,19-,20+,22-,23+/m1/s1. The predicted molar refractivity (Wildman–Crippen MR) is 132 cm³/mol. The van der Waals surface area contributed by atoms with Crippen LogP contribution in [0.15, 0.2) is 5.11 Å². The smallest absolute Gasteiger partial charge is 0.342 e.